The fraction of sp³-hybridized carbons (Fsp3) is 0.267. The maximum atomic E-state index is 12.5. The van der Waals surface area contributed by atoms with E-state index in [1.165, 1.54) is 4.90 Å². The molecule has 0 radical (unpaired) electrons. The Balaban J connectivity index is 2.42. The van der Waals surface area contributed by atoms with Crippen molar-refractivity contribution in [3.63, 3.8) is 0 Å². The third kappa shape index (κ3) is 3.56. The van der Waals surface area contributed by atoms with Crippen LogP contribution in [0.3, 0.4) is 0 Å². The number of carbonyl (C=O) groups is 2. The van der Waals surface area contributed by atoms with E-state index in [9.17, 15) is 9.59 Å². The number of benzene rings is 1. The fourth-order valence-corrected chi connectivity index (χ4v) is 2.54. The summed E-state index contributed by atoms with van der Waals surface area (Å²) in [7, 11) is 4.97. The molecule has 1 aromatic carbocycles. The van der Waals surface area contributed by atoms with Gasteiger partial charge in [0.15, 0.2) is 5.69 Å². The van der Waals surface area contributed by atoms with Crippen LogP contribution in [0.15, 0.2) is 22.7 Å². The highest BCUT2D eigenvalue weighted by Gasteiger charge is 2.23. The smallest absolute Gasteiger partial charge is 0.276 e. The molecular formula is C15H16BrClN4O2. The minimum atomic E-state index is -0.403. The van der Waals surface area contributed by atoms with Gasteiger partial charge in [0.2, 0.25) is 0 Å². The number of amides is 2. The molecule has 1 heterocycles. The first-order valence-corrected chi connectivity index (χ1v) is 7.91. The summed E-state index contributed by atoms with van der Waals surface area (Å²) >= 11 is 9.39. The Morgan fingerprint density at radius 2 is 2.00 bits per heavy atom. The molecule has 122 valence electrons. The Hall–Kier alpha value is -1.86. The molecule has 0 atom stereocenters. The van der Waals surface area contributed by atoms with E-state index >= 15 is 0 Å². The van der Waals surface area contributed by atoms with Crippen LogP contribution in [0.5, 0.6) is 0 Å². The summed E-state index contributed by atoms with van der Waals surface area (Å²) in [6.45, 7) is 1.78. The zero-order valence-corrected chi connectivity index (χ0v) is 15.5. The lowest BCUT2D eigenvalue weighted by Crippen LogP contribution is -2.24. The number of aromatic nitrogens is 2. The average molecular weight is 400 g/mol. The maximum absolute atomic E-state index is 12.5. The van der Waals surface area contributed by atoms with Crippen molar-refractivity contribution in [3.05, 3.63) is 44.6 Å². The Kier molecular flexibility index (Phi) is 5.11. The minimum Gasteiger partial charge on any atom is -0.343 e. The monoisotopic (exact) mass is 398 g/mol. The number of hydrogen-bond acceptors (Lipinski definition) is 3. The van der Waals surface area contributed by atoms with E-state index in [0.717, 1.165) is 4.47 Å². The standard InChI is InChI=1S/C15H16BrClN4O2/c1-8-12(13(19-21(8)4)15(23)20(2)3)18-14(22)10-7-9(16)5-6-11(10)17/h5-7H,1-4H3,(H,18,22). The number of nitrogens with one attached hydrogen (secondary N) is 1. The van der Waals surface area contributed by atoms with Gasteiger partial charge in [0.1, 0.15) is 0 Å². The van der Waals surface area contributed by atoms with Gasteiger partial charge in [0.25, 0.3) is 11.8 Å². The summed E-state index contributed by atoms with van der Waals surface area (Å²) in [5, 5.41) is 7.26. The predicted molar refractivity (Wildman–Crippen MR) is 93.1 cm³/mol. The van der Waals surface area contributed by atoms with Gasteiger partial charge >= 0.3 is 0 Å². The van der Waals surface area contributed by atoms with E-state index in [2.05, 4.69) is 26.3 Å². The molecule has 1 aromatic heterocycles. The van der Waals surface area contributed by atoms with Gasteiger partial charge in [-0.25, -0.2) is 0 Å². The van der Waals surface area contributed by atoms with E-state index in [4.69, 9.17) is 11.6 Å². The van der Waals surface area contributed by atoms with Crippen molar-refractivity contribution in [1.82, 2.24) is 14.7 Å². The van der Waals surface area contributed by atoms with Gasteiger partial charge < -0.3 is 10.2 Å². The lowest BCUT2D eigenvalue weighted by Gasteiger charge is -2.11. The average Bonchev–Trinajstić information content (AvgIpc) is 2.77. The van der Waals surface area contributed by atoms with Crippen LogP contribution in [0.25, 0.3) is 0 Å². The second-order valence-corrected chi connectivity index (χ2v) is 6.53. The molecule has 1 N–H and O–H groups in total. The molecule has 0 saturated carbocycles. The molecule has 2 rings (SSSR count). The van der Waals surface area contributed by atoms with E-state index in [-0.39, 0.29) is 11.6 Å². The molecule has 0 aliphatic heterocycles. The second kappa shape index (κ2) is 6.72. The SMILES string of the molecule is Cc1c(NC(=O)c2cc(Br)ccc2Cl)c(C(=O)N(C)C)nn1C. The Bertz CT molecular complexity index is 786. The lowest BCUT2D eigenvalue weighted by molar-refractivity contribution is 0.0822. The number of carbonyl (C=O) groups excluding carboxylic acids is 2. The molecule has 0 aliphatic rings. The molecule has 0 unspecified atom stereocenters. The predicted octanol–water partition coefficient (Wildman–Crippen LogP) is 3.10. The van der Waals surface area contributed by atoms with E-state index < -0.39 is 5.91 Å². The molecule has 2 aromatic rings. The molecule has 8 heteroatoms. The molecule has 0 bridgehead atoms. The van der Waals surface area contributed by atoms with E-state index in [1.54, 1.807) is 50.9 Å². The summed E-state index contributed by atoms with van der Waals surface area (Å²) in [4.78, 5) is 26.2. The largest absolute Gasteiger partial charge is 0.343 e. The number of hydrogen-bond donors (Lipinski definition) is 1. The van der Waals surface area contributed by atoms with Crippen molar-refractivity contribution in [2.24, 2.45) is 7.05 Å². The Morgan fingerprint density at radius 1 is 1.35 bits per heavy atom. The normalized spacial score (nSPS) is 10.5. The summed E-state index contributed by atoms with van der Waals surface area (Å²) < 4.78 is 2.29. The highest BCUT2D eigenvalue weighted by molar-refractivity contribution is 9.10. The number of halogens is 2. The zero-order valence-electron chi connectivity index (χ0n) is 13.1. The summed E-state index contributed by atoms with van der Waals surface area (Å²) in [5.74, 6) is -0.690. The van der Waals surface area contributed by atoms with Crippen molar-refractivity contribution >= 4 is 45.0 Å². The topological polar surface area (TPSA) is 67.2 Å². The highest BCUT2D eigenvalue weighted by Crippen LogP contribution is 2.25. The van der Waals surface area contributed by atoms with E-state index in [1.807, 2.05) is 0 Å². The number of aryl methyl sites for hydroxylation is 1. The molecule has 6 nitrogen and oxygen atoms in total. The molecule has 0 aliphatic carbocycles. The first kappa shape index (κ1) is 17.5. The van der Waals surface area contributed by atoms with Crippen molar-refractivity contribution < 1.29 is 9.59 Å². The van der Waals surface area contributed by atoms with E-state index in [0.29, 0.717) is 22.0 Å². The second-order valence-electron chi connectivity index (χ2n) is 5.21. The third-order valence-corrected chi connectivity index (χ3v) is 4.18. The molecule has 2 amide bonds. The minimum absolute atomic E-state index is 0.189. The van der Waals surface area contributed by atoms with Crippen LogP contribution in [-0.4, -0.2) is 40.6 Å². The van der Waals surface area contributed by atoms with Crippen LogP contribution >= 0.6 is 27.5 Å². The molecule has 0 fully saturated rings. The summed E-state index contributed by atoms with van der Waals surface area (Å²) in [6, 6.07) is 4.99. The number of anilines is 1. The van der Waals surface area contributed by atoms with Crippen molar-refractivity contribution in [2.45, 2.75) is 6.92 Å². The summed E-state index contributed by atoms with van der Waals surface area (Å²) in [6.07, 6.45) is 0. The van der Waals surface area contributed by atoms with Gasteiger partial charge in [-0.2, -0.15) is 5.10 Å². The zero-order chi connectivity index (χ0) is 17.3. The van der Waals surface area contributed by atoms with Crippen LogP contribution < -0.4 is 5.32 Å². The third-order valence-electron chi connectivity index (χ3n) is 3.35. The van der Waals surface area contributed by atoms with Gasteiger partial charge in [0, 0.05) is 25.6 Å². The van der Waals surface area contributed by atoms with Crippen LogP contribution in [0.4, 0.5) is 5.69 Å². The van der Waals surface area contributed by atoms with Crippen molar-refractivity contribution in [1.29, 1.82) is 0 Å². The van der Waals surface area contributed by atoms with Crippen molar-refractivity contribution in [3.8, 4) is 0 Å². The lowest BCUT2D eigenvalue weighted by atomic mass is 10.2. The first-order chi connectivity index (χ1) is 10.7. The van der Waals surface area contributed by atoms with Crippen LogP contribution in [0.2, 0.25) is 5.02 Å². The highest BCUT2D eigenvalue weighted by atomic mass is 79.9. The number of rotatable bonds is 3. The molecule has 0 spiro atoms. The maximum Gasteiger partial charge on any atom is 0.276 e. The van der Waals surface area contributed by atoms with Gasteiger partial charge in [-0.05, 0) is 25.1 Å². The van der Waals surface area contributed by atoms with Crippen LogP contribution in [0, 0.1) is 6.92 Å². The molecule has 23 heavy (non-hydrogen) atoms. The summed E-state index contributed by atoms with van der Waals surface area (Å²) in [5.41, 5.74) is 1.56. The quantitative estimate of drug-likeness (QED) is 0.862. The fourth-order valence-electron chi connectivity index (χ4n) is 1.97. The van der Waals surface area contributed by atoms with Crippen LogP contribution in [0.1, 0.15) is 26.5 Å². The number of nitrogens with zero attached hydrogens (tertiary/aromatic N) is 3. The Morgan fingerprint density at radius 3 is 2.61 bits per heavy atom. The van der Waals surface area contributed by atoms with Gasteiger partial charge in [-0.1, -0.05) is 27.5 Å². The molecular weight excluding hydrogens is 384 g/mol. The van der Waals surface area contributed by atoms with Gasteiger partial charge in [-0.15, -0.1) is 0 Å². The Labute approximate surface area is 147 Å². The first-order valence-electron chi connectivity index (χ1n) is 6.74. The van der Waals surface area contributed by atoms with Crippen LogP contribution in [-0.2, 0) is 7.05 Å². The van der Waals surface area contributed by atoms with Gasteiger partial charge in [0.05, 0.1) is 22.0 Å². The van der Waals surface area contributed by atoms with Gasteiger partial charge in [-0.3, -0.25) is 14.3 Å². The van der Waals surface area contributed by atoms with Crippen molar-refractivity contribution in [2.75, 3.05) is 19.4 Å². The molecule has 0 saturated heterocycles.